The molecule has 3 rings (SSSR count). The summed E-state index contributed by atoms with van der Waals surface area (Å²) in [5.74, 6) is 2.54. The van der Waals surface area contributed by atoms with Gasteiger partial charge in [0.2, 0.25) is 5.28 Å². The van der Waals surface area contributed by atoms with E-state index in [2.05, 4.69) is 21.7 Å². The van der Waals surface area contributed by atoms with Crippen LogP contribution in [0, 0.1) is 18.8 Å². The highest BCUT2D eigenvalue weighted by Gasteiger charge is 2.53. The van der Waals surface area contributed by atoms with Gasteiger partial charge in [0, 0.05) is 0 Å². The van der Waals surface area contributed by atoms with Crippen LogP contribution < -0.4 is 0 Å². The van der Waals surface area contributed by atoms with Crippen LogP contribution in [0.25, 0.3) is 0 Å². The van der Waals surface area contributed by atoms with Gasteiger partial charge in [0.15, 0.2) is 0 Å². The highest BCUT2D eigenvalue weighted by atomic mass is 35.5. The smallest absolute Gasteiger partial charge is 0.225 e. The van der Waals surface area contributed by atoms with Crippen molar-refractivity contribution in [1.29, 1.82) is 0 Å². The van der Waals surface area contributed by atoms with Gasteiger partial charge in [0.25, 0.3) is 0 Å². The Hall–Kier alpha value is -0.570. The van der Waals surface area contributed by atoms with Gasteiger partial charge in [-0.25, -0.2) is 0 Å². The van der Waals surface area contributed by atoms with Gasteiger partial charge >= 0.3 is 0 Å². The number of hydrogen-bond acceptors (Lipinski definition) is 2. The second-order valence-electron chi connectivity index (χ2n) is 5.13. The third-order valence-electron chi connectivity index (χ3n) is 4.07. The van der Waals surface area contributed by atoms with E-state index in [4.69, 9.17) is 11.6 Å². The lowest BCUT2D eigenvalue weighted by Gasteiger charge is -2.33. The lowest BCUT2D eigenvalue weighted by Crippen LogP contribution is -2.36. The van der Waals surface area contributed by atoms with E-state index >= 15 is 0 Å². The Labute approximate surface area is 94.8 Å². The molecule has 2 aliphatic carbocycles. The number of hydrogen-bond donors (Lipinski definition) is 0. The summed E-state index contributed by atoms with van der Waals surface area (Å²) in [5, 5.41) is 8.63. The highest BCUT2D eigenvalue weighted by Crippen LogP contribution is 2.57. The minimum atomic E-state index is 0.185. The maximum atomic E-state index is 6.16. The Balaban J connectivity index is 2.08. The van der Waals surface area contributed by atoms with Gasteiger partial charge < -0.3 is 0 Å². The molecule has 0 atom stereocenters. The number of rotatable bonds is 3. The van der Waals surface area contributed by atoms with Crippen molar-refractivity contribution in [1.82, 2.24) is 14.8 Å². The first-order chi connectivity index (χ1) is 7.14. The Kier molecular flexibility index (Phi) is 1.91. The predicted octanol–water partition coefficient (Wildman–Crippen LogP) is 2.78. The molecule has 1 aromatic rings. The van der Waals surface area contributed by atoms with Crippen molar-refractivity contribution in [2.75, 3.05) is 0 Å². The zero-order valence-electron chi connectivity index (χ0n) is 9.20. The summed E-state index contributed by atoms with van der Waals surface area (Å²) in [6, 6.07) is 0. The number of halogens is 1. The van der Waals surface area contributed by atoms with Gasteiger partial charge in [-0.15, -0.1) is 10.2 Å². The molecule has 15 heavy (non-hydrogen) atoms. The van der Waals surface area contributed by atoms with Crippen LogP contribution in [0.1, 0.15) is 38.4 Å². The van der Waals surface area contributed by atoms with Gasteiger partial charge in [-0.05, 0) is 63.0 Å². The third kappa shape index (κ3) is 1.32. The molecule has 82 valence electrons. The van der Waals surface area contributed by atoms with Crippen LogP contribution in [0.3, 0.4) is 0 Å². The van der Waals surface area contributed by atoms with Crippen LogP contribution in [0.15, 0.2) is 0 Å². The van der Waals surface area contributed by atoms with Crippen molar-refractivity contribution in [3.63, 3.8) is 0 Å². The van der Waals surface area contributed by atoms with E-state index in [1.54, 1.807) is 0 Å². The average molecular weight is 226 g/mol. The average Bonchev–Trinajstić information content (AvgIpc) is 3.02. The molecule has 2 aliphatic rings. The van der Waals surface area contributed by atoms with Crippen LogP contribution in [-0.2, 0) is 5.54 Å². The molecule has 1 heterocycles. The van der Waals surface area contributed by atoms with Crippen LogP contribution >= 0.6 is 11.6 Å². The predicted molar refractivity (Wildman–Crippen MR) is 58.9 cm³/mol. The molecular weight excluding hydrogens is 210 g/mol. The fraction of sp³-hybridized carbons (Fsp3) is 0.818. The van der Waals surface area contributed by atoms with E-state index in [1.165, 1.54) is 25.7 Å². The van der Waals surface area contributed by atoms with Crippen LogP contribution in [0.2, 0.25) is 5.28 Å². The van der Waals surface area contributed by atoms with Crippen molar-refractivity contribution in [3.8, 4) is 0 Å². The molecule has 0 saturated heterocycles. The second kappa shape index (κ2) is 2.97. The summed E-state index contributed by atoms with van der Waals surface area (Å²) < 4.78 is 2.17. The largest absolute Gasteiger partial charge is 0.295 e. The maximum Gasteiger partial charge on any atom is 0.225 e. The molecule has 0 bridgehead atoms. The fourth-order valence-corrected chi connectivity index (χ4v) is 3.26. The number of aryl methyl sites for hydroxylation is 1. The first-order valence-corrected chi connectivity index (χ1v) is 6.10. The molecule has 0 aliphatic heterocycles. The van der Waals surface area contributed by atoms with Gasteiger partial charge in [-0.3, -0.25) is 4.57 Å². The second-order valence-corrected chi connectivity index (χ2v) is 5.46. The van der Waals surface area contributed by atoms with Crippen LogP contribution in [0.5, 0.6) is 0 Å². The number of aromatic nitrogens is 3. The molecule has 1 aromatic heterocycles. The van der Waals surface area contributed by atoms with Gasteiger partial charge in [0.05, 0.1) is 5.54 Å². The summed E-state index contributed by atoms with van der Waals surface area (Å²) in [5.41, 5.74) is 0.185. The Bertz CT molecular complexity index is 359. The van der Waals surface area contributed by atoms with E-state index in [9.17, 15) is 0 Å². The van der Waals surface area contributed by atoms with Gasteiger partial charge in [-0.2, -0.15) is 0 Å². The Morgan fingerprint density at radius 3 is 2.07 bits per heavy atom. The quantitative estimate of drug-likeness (QED) is 0.792. The van der Waals surface area contributed by atoms with E-state index < -0.39 is 0 Å². The molecule has 0 N–H and O–H groups in total. The van der Waals surface area contributed by atoms with E-state index in [-0.39, 0.29) is 5.54 Å². The molecule has 3 nitrogen and oxygen atoms in total. The molecule has 0 spiro atoms. The zero-order valence-corrected chi connectivity index (χ0v) is 9.96. The number of nitrogens with zero attached hydrogens (tertiary/aromatic N) is 3. The third-order valence-corrected chi connectivity index (χ3v) is 4.32. The monoisotopic (exact) mass is 225 g/mol. The van der Waals surface area contributed by atoms with Crippen molar-refractivity contribution in [2.24, 2.45) is 11.8 Å². The molecule has 0 amide bonds. The molecular formula is C11H16ClN3. The standard InChI is InChI=1S/C11H16ClN3/c1-7-13-14-10(12)15(7)11(2,8-3-4-8)9-5-6-9/h8-9H,3-6H2,1-2H3. The maximum absolute atomic E-state index is 6.16. The topological polar surface area (TPSA) is 30.7 Å². The molecule has 2 fully saturated rings. The van der Waals surface area contributed by atoms with E-state index in [0.29, 0.717) is 5.28 Å². The van der Waals surface area contributed by atoms with Crippen molar-refractivity contribution < 1.29 is 0 Å². The summed E-state index contributed by atoms with van der Waals surface area (Å²) in [4.78, 5) is 0. The lowest BCUT2D eigenvalue weighted by atomic mass is 9.89. The first kappa shape index (κ1) is 9.64. The first-order valence-electron chi connectivity index (χ1n) is 5.72. The Morgan fingerprint density at radius 1 is 1.20 bits per heavy atom. The van der Waals surface area contributed by atoms with Crippen molar-refractivity contribution >= 4 is 11.6 Å². The minimum absolute atomic E-state index is 0.185. The lowest BCUT2D eigenvalue weighted by molar-refractivity contribution is 0.223. The van der Waals surface area contributed by atoms with E-state index in [1.807, 2.05) is 6.92 Å². The van der Waals surface area contributed by atoms with Crippen molar-refractivity contribution in [2.45, 2.75) is 45.1 Å². The zero-order chi connectivity index (χ0) is 10.6. The van der Waals surface area contributed by atoms with Crippen LogP contribution in [0.4, 0.5) is 0 Å². The molecule has 0 radical (unpaired) electrons. The highest BCUT2D eigenvalue weighted by molar-refractivity contribution is 6.28. The Morgan fingerprint density at radius 2 is 1.73 bits per heavy atom. The summed E-state index contributed by atoms with van der Waals surface area (Å²) in [7, 11) is 0. The summed E-state index contributed by atoms with van der Waals surface area (Å²) in [6.07, 6.45) is 5.34. The van der Waals surface area contributed by atoms with Gasteiger partial charge in [0.1, 0.15) is 5.82 Å². The van der Waals surface area contributed by atoms with E-state index in [0.717, 1.165) is 17.7 Å². The van der Waals surface area contributed by atoms with Gasteiger partial charge in [-0.1, -0.05) is 0 Å². The summed E-state index contributed by atoms with van der Waals surface area (Å²) >= 11 is 6.16. The molecule has 0 aromatic carbocycles. The molecule has 0 unspecified atom stereocenters. The minimum Gasteiger partial charge on any atom is -0.295 e. The molecule has 2 saturated carbocycles. The normalized spacial score (nSPS) is 22.1. The molecule has 4 heteroatoms. The SMILES string of the molecule is Cc1nnc(Cl)n1C(C)(C1CC1)C1CC1. The van der Waals surface area contributed by atoms with Crippen molar-refractivity contribution in [3.05, 3.63) is 11.1 Å². The van der Waals surface area contributed by atoms with Crippen LogP contribution in [-0.4, -0.2) is 14.8 Å². The fourth-order valence-electron chi connectivity index (χ4n) is 2.92. The summed E-state index contributed by atoms with van der Waals surface area (Å²) in [6.45, 7) is 4.34.